The van der Waals surface area contributed by atoms with E-state index in [4.69, 9.17) is 9.41 Å². The maximum absolute atomic E-state index is 12.8. The summed E-state index contributed by atoms with van der Waals surface area (Å²) >= 11 is 0. The molecule has 2 amide bonds. The molecule has 1 aromatic carbocycles. The number of halogens is 1. The molecule has 1 fully saturated rings. The number of nitrogens with one attached hydrogen (secondary N) is 2. The summed E-state index contributed by atoms with van der Waals surface area (Å²) in [5.41, 5.74) is 2.40. The summed E-state index contributed by atoms with van der Waals surface area (Å²) in [4.78, 5) is 33.4. The van der Waals surface area contributed by atoms with E-state index in [0.29, 0.717) is 37.8 Å². The number of piperazine rings is 1. The van der Waals surface area contributed by atoms with Gasteiger partial charge in [0.2, 0.25) is 5.91 Å². The zero-order chi connectivity index (χ0) is 23.2. The molecule has 2 aromatic heterocycles. The van der Waals surface area contributed by atoms with Crippen molar-refractivity contribution in [2.75, 3.05) is 36.4 Å². The van der Waals surface area contributed by atoms with Gasteiger partial charge in [0.1, 0.15) is 6.54 Å². The predicted molar refractivity (Wildman–Crippen MR) is 140 cm³/mol. The van der Waals surface area contributed by atoms with Gasteiger partial charge in [0, 0.05) is 38.6 Å². The van der Waals surface area contributed by atoms with E-state index in [-0.39, 0.29) is 48.1 Å². The molecule has 0 atom stereocenters. The van der Waals surface area contributed by atoms with Crippen molar-refractivity contribution in [1.29, 1.82) is 0 Å². The smallest absolute Gasteiger partial charge is 0.291 e. The number of carbonyl (C=O) groups excluding carboxylic acids is 2. The van der Waals surface area contributed by atoms with Gasteiger partial charge in [-0.25, -0.2) is 4.99 Å². The minimum absolute atomic E-state index is 0. The Balaban J connectivity index is 0.00000324. The molecule has 34 heavy (non-hydrogen) atoms. The van der Waals surface area contributed by atoms with E-state index in [1.807, 2.05) is 49.3 Å². The van der Waals surface area contributed by atoms with Gasteiger partial charge in [0.25, 0.3) is 5.91 Å². The molecule has 180 valence electrons. The molecule has 0 unspecified atom stereocenters. The molecule has 2 N–H and O–H groups in total. The van der Waals surface area contributed by atoms with Crippen LogP contribution in [0.5, 0.6) is 0 Å². The summed E-state index contributed by atoms with van der Waals surface area (Å²) in [6.45, 7) is 4.54. The highest BCUT2D eigenvalue weighted by atomic mass is 127. The Kier molecular flexibility index (Phi) is 8.68. The molecule has 11 heteroatoms. The number of aliphatic imine (C=N–C) groups is 1. The molecule has 3 aromatic rings. The third-order valence-corrected chi connectivity index (χ3v) is 5.20. The topological polar surface area (TPSA) is 108 Å². The number of hydrogen-bond acceptors (Lipinski definition) is 5. The number of nitrogens with zero attached hydrogens (tertiary/aromatic N) is 5. The van der Waals surface area contributed by atoms with Crippen molar-refractivity contribution in [1.82, 2.24) is 20.0 Å². The summed E-state index contributed by atoms with van der Waals surface area (Å²) in [6, 6.07) is 10.8. The summed E-state index contributed by atoms with van der Waals surface area (Å²) < 4.78 is 6.82. The Morgan fingerprint density at radius 3 is 2.76 bits per heavy atom. The molecule has 0 radical (unpaired) electrons. The van der Waals surface area contributed by atoms with Crippen LogP contribution in [0.3, 0.4) is 0 Å². The number of amides is 2. The number of anilines is 2. The molecule has 3 heterocycles. The van der Waals surface area contributed by atoms with Crippen molar-refractivity contribution in [3.8, 4) is 0 Å². The molecular weight excluding hydrogens is 549 g/mol. The van der Waals surface area contributed by atoms with E-state index < -0.39 is 0 Å². The summed E-state index contributed by atoms with van der Waals surface area (Å²) in [5, 5.41) is 10.3. The van der Waals surface area contributed by atoms with E-state index in [0.717, 1.165) is 11.3 Å². The number of guanidine groups is 1. The first-order chi connectivity index (χ1) is 16.0. The lowest BCUT2D eigenvalue weighted by atomic mass is 10.2. The first-order valence-electron chi connectivity index (χ1n) is 10.8. The number of hydrogen-bond donors (Lipinski definition) is 2. The number of rotatable bonds is 6. The van der Waals surface area contributed by atoms with Crippen molar-refractivity contribution in [3.63, 3.8) is 0 Å². The largest absolute Gasteiger partial charge is 0.459 e. The molecule has 4 rings (SSSR count). The number of carbonyl (C=O) groups is 2. The molecule has 0 spiro atoms. The van der Waals surface area contributed by atoms with Crippen LogP contribution in [0.15, 0.2) is 64.5 Å². The van der Waals surface area contributed by atoms with E-state index >= 15 is 0 Å². The van der Waals surface area contributed by atoms with Gasteiger partial charge in [-0.2, -0.15) is 5.10 Å². The van der Waals surface area contributed by atoms with E-state index in [9.17, 15) is 9.59 Å². The summed E-state index contributed by atoms with van der Waals surface area (Å²) in [6.07, 6.45) is 5.00. The molecule has 0 aliphatic carbocycles. The highest BCUT2D eigenvalue weighted by Gasteiger charge is 2.27. The van der Waals surface area contributed by atoms with Crippen molar-refractivity contribution >= 4 is 53.1 Å². The summed E-state index contributed by atoms with van der Waals surface area (Å²) in [5.74, 6) is 0.631. The van der Waals surface area contributed by atoms with Crippen LogP contribution in [0, 0.1) is 0 Å². The molecule has 0 saturated carbocycles. The molecule has 10 nitrogen and oxygen atoms in total. The maximum Gasteiger partial charge on any atom is 0.291 e. The van der Waals surface area contributed by atoms with Crippen molar-refractivity contribution < 1.29 is 14.0 Å². The van der Waals surface area contributed by atoms with Crippen LogP contribution in [0.4, 0.5) is 11.4 Å². The minimum atomic E-state index is -0.306. The van der Waals surface area contributed by atoms with Gasteiger partial charge in [0.05, 0.1) is 24.7 Å². The van der Waals surface area contributed by atoms with Gasteiger partial charge in [-0.1, -0.05) is 12.1 Å². The molecule has 1 aliphatic heterocycles. The monoisotopic (exact) mass is 577 g/mol. The van der Waals surface area contributed by atoms with E-state index in [2.05, 4.69) is 15.7 Å². The minimum Gasteiger partial charge on any atom is -0.459 e. The normalized spacial score (nSPS) is 14.1. The maximum atomic E-state index is 12.8. The molecular formula is C23H28IN7O3. The van der Waals surface area contributed by atoms with Crippen LogP contribution in [-0.4, -0.2) is 58.6 Å². The first-order valence-corrected chi connectivity index (χ1v) is 10.8. The van der Waals surface area contributed by atoms with Crippen molar-refractivity contribution in [2.24, 2.45) is 12.0 Å². The van der Waals surface area contributed by atoms with Crippen LogP contribution in [0.25, 0.3) is 0 Å². The van der Waals surface area contributed by atoms with E-state index in [1.165, 1.54) is 6.26 Å². The second kappa shape index (κ2) is 11.7. The fourth-order valence-corrected chi connectivity index (χ4v) is 3.61. The van der Waals surface area contributed by atoms with Gasteiger partial charge in [0.15, 0.2) is 11.7 Å². The standard InChI is InChI=1S/C23H27N7O3.HI/c1-3-24-23(29-9-10-30(21(31)16-29)19-14-26-28(2)15-19)25-13-17-6-4-7-18(12-17)27-22(32)20-8-5-11-33-20;/h4-8,11-12,14-15H,3,9-10,13,16H2,1-2H3,(H,24,25)(H,27,32);1H. The lowest BCUT2D eigenvalue weighted by Gasteiger charge is -2.35. The third-order valence-electron chi connectivity index (χ3n) is 5.20. The number of furan rings is 1. The number of aryl methyl sites for hydroxylation is 1. The second-order valence-corrected chi connectivity index (χ2v) is 7.64. The molecule has 1 aliphatic rings. The van der Waals surface area contributed by atoms with Crippen LogP contribution in [0.1, 0.15) is 23.0 Å². The Hall–Kier alpha value is -3.35. The lowest BCUT2D eigenvalue weighted by Crippen LogP contribution is -2.55. The second-order valence-electron chi connectivity index (χ2n) is 7.64. The number of benzene rings is 1. The van der Waals surface area contributed by atoms with Crippen LogP contribution < -0.4 is 15.5 Å². The van der Waals surface area contributed by atoms with Crippen LogP contribution in [0.2, 0.25) is 0 Å². The zero-order valence-electron chi connectivity index (χ0n) is 19.1. The average molecular weight is 577 g/mol. The van der Waals surface area contributed by atoms with Crippen LogP contribution >= 0.6 is 24.0 Å². The molecule has 1 saturated heterocycles. The van der Waals surface area contributed by atoms with Gasteiger partial charge in [-0.3, -0.25) is 14.3 Å². The lowest BCUT2D eigenvalue weighted by molar-refractivity contribution is -0.120. The van der Waals surface area contributed by atoms with Crippen molar-refractivity contribution in [3.05, 3.63) is 66.4 Å². The first kappa shape index (κ1) is 25.3. The van der Waals surface area contributed by atoms with Gasteiger partial charge in [-0.05, 0) is 36.8 Å². The molecule has 0 bridgehead atoms. The Morgan fingerprint density at radius 2 is 2.09 bits per heavy atom. The van der Waals surface area contributed by atoms with Crippen molar-refractivity contribution in [2.45, 2.75) is 13.5 Å². The van der Waals surface area contributed by atoms with Gasteiger partial charge < -0.3 is 24.9 Å². The van der Waals surface area contributed by atoms with Crippen LogP contribution in [-0.2, 0) is 18.4 Å². The Labute approximate surface area is 215 Å². The SMILES string of the molecule is CCNC(=NCc1cccc(NC(=O)c2ccco2)c1)N1CCN(c2cnn(C)c2)C(=O)C1.I. The number of aromatic nitrogens is 2. The Bertz CT molecular complexity index is 1140. The quantitative estimate of drug-likeness (QED) is 0.265. The zero-order valence-corrected chi connectivity index (χ0v) is 21.4. The summed E-state index contributed by atoms with van der Waals surface area (Å²) in [7, 11) is 1.83. The fraction of sp³-hybridized carbons (Fsp3) is 0.304. The van der Waals surface area contributed by atoms with E-state index in [1.54, 1.807) is 27.9 Å². The third kappa shape index (κ3) is 6.16. The van der Waals surface area contributed by atoms with Gasteiger partial charge >= 0.3 is 0 Å². The predicted octanol–water partition coefficient (Wildman–Crippen LogP) is 2.70. The highest BCUT2D eigenvalue weighted by Crippen LogP contribution is 2.17. The highest BCUT2D eigenvalue weighted by molar-refractivity contribution is 14.0. The fourth-order valence-electron chi connectivity index (χ4n) is 3.61. The Morgan fingerprint density at radius 1 is 1.24 bits per heavy atom. The average Bonchev–Trinajstić information content (AvgIpc) is 3.49. The van der Waals surface area contributed by atoms with Gasteiger partial charge in [-0.15, -0.1) is 24.0 Å².